The van der Waals surface area contributed by atoms with E-state index in [1.54, 1.807) is 6.07 Å². The number of nitrogens with zero attached hydrogens (tertiary/aromatic N) is 1. The molecule has 1 unspecified atom stereocenters. The summed E-state index contributed by atoms with van der Waals surface area (Å²) in [5.74, 6) is -0.459. The van der Waals surface area contributed by atoms with Crippen LogP contribution in [-0.2, 0) is 4.79 Å². The lowest BCUT2D eigenvalue weighted by Crippen LogP contribution is -2.35. The van der Waals surface area contributed by atoms with Crippen LogP contribution in [0.2, 0.25) is 0 Å². The zero-order valence-corrected chi connectivity index (χ0v) is 19.6. The molecule has 1 aliphatic heterocycles. The van der Waals surface area contributed by atoms with Crippen molar-refractivity contribution in [3.05, 3.63) is 54.8 Å². The SMILES string of the molecule is CCCC1(C)CN(c2ccccc2)c2cc(SC)c(O/C=C/C(=O)O)cc2S(O)(O)C1. The Morgan fingerprint density at radius 2 is 2.00 bits per heavy atom. The van der Waals surface area contributed by atoms with Gasteiger partial charge in [-0.1, -0.05) is 38.5 Å². The van der Waals surface area contributed by atoms with Crippen LogP contribution in [0.15, 0.2) is 64.6 Å². The number of thioether (sulfide) groups is 1. The summed E-state index contributed by atoms with van der Waals surface area (Å²) in [4.78, 5) is 14.2. The maximum absolute atomic E-state index is 11.3. The van der Waals surface area contributed by atoms with E-state index in [0.717, 1.165) is 41.4 Å². The van der Waals surface area contributed by atoms with Crippen molar-refractivity contribution in [2.75, 3.05) is 23.5 Å². The molecule has 0 aliphatic carbocycles. The van der Waals surface area contributed by atoms with Gasteiger partial charge in [0.25, 0.3) is 0 Å². The topological polar surface area (TPSA) is 90.2 Å². The van der Waals surface area contributed by atoms with Gasteiger partial charge in [-0.05, 0) is 30.9 Å². The standard InChI is InChI=1S/C23H29NO5S2/c1-4-11-23(2)15-24(17-8-6-5-7-9-17)18-13-20(30-3)19(29-12-10-22(25)26)14-21(18)31(27,28)16-23/h5-10,12-14,27-28H,4,11,15-16H2,1-3H3,(H,25,26)/b12-10+. The van der Waals surface area contributed by atoms with Crippen molar-refractivity contribution in [2.24, 2.45) is 5.41 Å². The van der Waals surface area contributed by atoms with Crippen LogP contribution >= 0.6 is 22.4 Å². The quantitative estimate of drug-likeness (QED) is 0.247. The average Bonchev–Trinajstić information content (AvgIpc) is 2.80. The molecular weight excluding hydrogens is 434 g/mol. The molecule has 1 aliphatic rings. The summed E-state index contributed by atoms with van der Waals surface area (Å²) >= 11 is 1.45. The number of fused-ring (bicyclic) bond motifs is 1. The maximum Gasteiger partial charge on any atom is 0.331 e. The maximum atomic E-state index is 11.3. The first-order valence-electron chi connectivity index (χ1n) is 10.1. The van der Waals surface area contributed by atoms with Crippen molar-refractivity contribution < 1.29 is 23.7 Å². The summed E-state index contributed by atoms with van der Waals surface area (Å²) in [6.45, 7) is 4.87. The fraction of sp³-hybridized carbons (Fsp3) is 0.348. The van der Waals surface area contributed by atoms with Gasteiger partial charge in [-0.25, -0.2) is 4.79 Å². The highest BCUT2D eigenvalue weighted by Crippen LogP contribution is 2.61. The summed E-state index contributed by atoms with van der Waals surface area (Å²) in [7, 11) is -3.11. The van der Waals surface area contributed by atoms with Crippen LogP contribution in [-0.4, -0.2) is 38.7 Å². The van der Waals surface area contributed by atoms with Crippen molar-refractivity contribution in [1.29, 1.82) is 0 Å². The van der Waals surface area contributed by atoms with E-state index in [-0.39, 0.29) is 11.2 Å². The van der Waals surface area contributed by atoms with Crippen molar-refractivity contribution >= 4 is 39.7 Å². The first-order chi connectivity index (χ1) is 14.7. The molecule has 0 saturated heterocycles. The highest BCUT2D eigenvalue weighted by atomic mass is 32.3. The second-order valence-corrected chi connectivity index (χ2v) is 10.9. The minimum atomic E-state index is -3.11. The van der Waals surface area contributed by atoms with Crippen LogP contribution in [0, 0.1) is 5.41 Å². The van der Waals surface area contributed by atoms with E-state index in [1.165, 1.54) is 11.8 Å². The van der Waals surface area contributed by atoms with Crippen molar-refractivity contribution in [2.45, 2.75) is 36.5 Å². The first-order valence-corrected chi connectivity index (χ1v) is 13.0. The third-order valence-corrected chi connectivity index (χ3v) is 8.19. The van der Waals surface area contributed by atoms with Gasteiger partial charge in [0.15, 0.2) is 0 Å². The van der Waals surface area contributed by atoms with Gasteiger partial charge in [-0.2, -0.15) is 10.6 Å². The Morgan fingerprint density at radius 3 is 2.61 bits per heavy atom. The highest BCUT2D eigenvalue weighted by molar-refractivity contribution is 8.24. The second-order valence-electron chi connectivity index (χ2n) is 8.02. The third-order valence-electron chi connectivity index (χ3n) is 5.30. The normalized spacial score (nSPS) is 21.4. The highest BCUT2D eigenvalue weighted by Gasteiger charge is 2.40. The molecule has 31 heavy (non-hydrogen) atoms. The number of hydrogen-bond donors (Lipinski definition) is 3. The minimum Gasteiger partial charge on any atom is -0.478 e. The number of rotatable bonds is 7. The van der Waals surface area contributed by atoms with Crippen molar-refractivity contribution in [3.63, 3.8) is 0 Å². The number of ether oxygens (including phenoxy) is 1. The number of benzene rings is 2. The van der Waals surface area contributed by atoms with Crippen LogP contribution in [0.4, 0.5) is 11.4 Å². The molecule has 1 heterocycles. The molecule has 3 N–H and O–H groups in total. The summed E-state index contributed by atoms with van der Waals surface area (Å²) in [5.41, 5.74) is 1.42. The molecule has 3 rings (SSSR count). The molecule has 0 amide bonds. The molecule has 8 heteroatoms. The van der Waals surface area contributed by atoms with Crippen LogP contribution in [0.5, 0.6) is 5.75 Å². The summed E-state index contributed by atoms with van der Waals surface area (Å²) < 4.78 is 28.1. The van der Waals surface area contributed by atoms with Crippen LogP contribution in [0.25, 0.3) is 0 Å². The predicted molar refractivity (Wildman–Crippen MR) is 128 cm³/mol. The average molecular weight is 464 g/mol. The lowest BCUT2D eigenvalue weighted by Gasteiger charge is -2.39. The van der Waals surface area contributed by atoms with Crippen molar-refractivity contribution in [1.82, 2.24) is 0 Å². The van der Waals surface area contributed by atoms with E-state index in [0.29, 0.717) is 17.2 Å². The predicted octanol–water partition coefficient (Wildman–Crippen LogP) is 6.45. The van der Waals surface area contributed by atoms with Gasteiger partial charge < -0.3 is 14.7 Å². The first kappa shape index (κ1) is 23.5. The van der Waals surface area contributed by atoms with Crippen LogP contribution in [0.1, 0.15) is 26.7 Å². The lowest BCUT2D eigenvalue weighted by molar-refractivity contribution is -0.131. The van der Waals surface area contributed by atoms with E-state index in [2.05, 4.69) is 18.7 Å². The Hall–Kier alpha value is -2.13. The fourth-order valence-corrected chi connectivity index (χ4v) is 6.79. The molecule has 0 radical (unpaired) electrons. The molecule has 168 valence electrons. The molecule has 0 bridgehead atoms. The number of carboxylic acid groups (broad SMARTS) is 1. The zero-order valence-electron chi connectivity index (χ0n) is 17.9. The number of para-hydroxylation sites is 1. The number of carboxylic acids is 1. The molecular formula is C23H29NO5S2. The van der Waals surface area contributed by atoms with E-state index >= 15 is 0 Å². The van der Waals surface area contributed by atoms with Gasteiger partial charge in [0.05, 0.1) is 27.8 Å². The molecule has 0 aromatic heterocycles. The van der Waals surface area contributed by atoms with Gasteiger partial charge in [-0.15, -0.1) is 11.8 Å². The smallest absolute Gasteiger partial charge is 0.331 e. The number of hydrogen-bond acceptors (Lipinski definition) is 6. The minimum absolute atomic E-state index is 0.257. The van der Waals surface area contributed by atoms with E-state index in [1.807, 2.05) is 42.7 Å². The number of anilines is 2. The fourth-order valence-electron chi connectivity index (χ4n) is 4.09. The molecule has 0 fully saturated rings. The number of carbonyl (C=O) groups is 1. The summed E-state index contributed by atoms with van der Waals surface area (Å²) in [5, 5.41) is 8.84. The summed E-state index contributed by atoms with van der Waals surface area (Å²) in [6, 6.07) is 13.5. The van der Waals surface area contributed by atoms with Crippen molar-refractivity contribution in [3.8, 4) is 5.75 Å². The van der Waals surface area contributed by atoms with Gasteiger partial charge in [0.1, 0.15) is 5.75 Å². The molecule has 6 nitrogen and oxygen atoms in total. The Kier molecular flexibility index (Phi) is 7.26. The van der Waals surface area contributed by atoms with Gasteiger partial charge >= 0.3 is 5.97 Å². The monoisotopic (exact) mass is 463 g/mol. The van der Waals surface area contributed by atoms with E-state index in [4.69, 9.17) is 9.84 Å². The Labute approximate surface area is 189 Å². The summed E-state index contributed by atoms with van der Waals surface area (Å²) in [6.07, 6.45) is 5.71. The second kappa shape index (κ2) is 9.56. The Morgan fingerprint density at radius 1 is 1.29 bits per heavy atom. The Balaban J connectivity index is 2.19. The molecule has 2 aromatic carbocycles. The molecule has 2 aromatic rings. The molecule has 0 saturated carbocycles. The third kappa shape index (κ3) is 5.38. The van der Waals surface area contributed by atoms with Crippen LogP contribution < -0.4 is 9.64 Å². The molecule has 1 atom stereocenters. The van der Waals surface area contributed by atoms with Gasteiger partial charge in [-0.3, -0.25) is 9.11 Å². The largest absolute Gasteiger partial charge is 0.478 e. The van der Waals surface area contributed by atoms with Crippen LogP contribution in [0.3, 0.4) is 0 Å². The zero-order chi connectivity index (χ0) is 22.6. The number of aliphatic carboxylic acids is 1. The van der Waals surface area contributed by atoms with E-state index < -0.39 is 16.6 Å². The lowest BCUT2D eigenvalue weighted by atomic mass is 9.87. The van der Waals surface area contributed by atoms with Gasteiger partial charge in [0, 0.05) is 29.5 Å². The van der Waals surface area contributed by atoms with E-state index in [9.17, 15) is 13.9 Å². The Bertz CT molecular complexity index is 964. The molecule has 0 spiro atoms. The van der Waals surface area contributed by atoms with Gasteiger partial charge in [0.2, 0.25) is 0 Å².